The Bertz CT molecular complexity index is 1090. The van der Waals surface area contributed by atoms with E-state index >= 15 is 0 Å². The number of rotatable bonds is 6. The lowest BCUT2D eigenvalue weighted by molar-refractivity contribution is -0.138. The summed E-state index contributed by atoms with van der Waals surface area (Å²) in [5.41, 5.74) is 5.34. The number of allylic oxidation sites excluding steroid dienone is 2. The fraction of sp³-hybridized carbons (Fsp3) is 0.545. The third-order valence-electron chi connectivity index (χ3n) is 6.98. The van der Waals surface area contributed by atoms with E-state index < -0.39 is 6.43 Å². The Labute approximate surface area is 199 Å². The van der Waals surface area contributed by atoms with Gasteiger partial charge in [-0.3, -0.25) is 5.01 Å². The van der Waals surface area contributed by atoms with Crippen LogP contribution in [-0.2, 0) is 4.74 Å². The van der Waals surface area contributed by atoms with Gasteiger partial charge in [0.15, 0.2) is 5.01 Å². The van der Waals surface area contributed by atoms with Crippen molar-refractivity contribution in [1.29, 1.82) is 0 Å². The molecule has 1 aliphatic carbocycles. The molecule has 0 radical (unpaired) electrons. The minimum absolute atomic E-state index is 0.227. The second-order valence-electron chi connectivity index (χ2n) is 9.24. The van der Waals surface area contributed by atoms with Gasteiger partial charge in [0.2, 0.25) is 0 Å². The fourth-order valence-corrected chi connectivity index (χ4v) is 6.22. The van der Waals surface area contributed by atoms with Crippen molar-refractivity contribution in [3.8, 4) is 12.3 Å². The number of nitrogens with zero attached hydrogens (tertiary/aromatic N) is 4. The summed E-state index contributed by atoms with van der Waals surface area (Å²) in [6.07, 6.45) is 11.5. The molecule has 7 nitrogen and oxygen atoms in total. The first kappa shape index (κ1) is 21.6. The molecular weight excluding hydrogens is 466 g/mol. The monoisotopic (exact) mass is 490 g/mol. The average molecular weight is 491 g/mol. The molecule has 4 aliphatic heterocycles. The van der Waals surface area contributed by atoms with Gasteiger partial charge >= 0.3 is 0 Å². The van der Waals surface area contributed by atoms with Gasteiger partial charge in [-0.15, -0.1) is 16.6 Å². The largest absolute Gasteiger partial charge is 0.380 e. The normalized spacial score (nSPS) is 25.0. The number of piperidine rings is 1. The number of halogens is 2. The highest BCUT2D eigenvalue weighted by Gasteiger charge is 2.44. The number of hydrogen-bond acceptors (Lipinski definition) is 9. The summed E-state index contributed by atoms with van der Waals surface area (Å²) in [6, 6.07) is 0. The maximum absolute atomic E-state index is 13.1. The lowest BCUT2D eigenvalue weighted by Gasteiger charge is -2.49. The first-order valence-corrected chi connectivity index (χ1v) is 12.7. The number of alkyl halides is 2. The van der Waals surface area contributed by atoms with E-state index in [-0.39, 0.29) is 10.5 Å². The summed E-state index contributed by atoms with van der Waals surface area (Å²) in [7, 11) is 0. The van der Waals surface area contributed by atoms with Gasteiger partial charge < -0.3 is 9.64 Å². The Morgan fingerprint density at radius 2 is 2.00 bits per heavy atom. The highest BCUT2D eigenvalue weighted by atomic mass is 32.2. The second kappa shape index (κ2) is 8.06. The van der Waals surface area contributed by atoms with Crippen LogP contribution in [0.1, 0.15) is 42.1 Å². The lowest BCUT2D eigenvalue weighted by atomic mass is 9.77. The summed E-state index contributed by atoms with van der Waals surface area (Å²) in [4.78, 5) is 3.43. The predicted octanol–water partition coefficient (Wildman–Crippen LogP) is 3.26. The van der Waals surface area contributed by atoms with Gasteiger partial charge in [-0.25, -0.2) is 18.9 Å². The second-order valence-corrected chi connectivity index (χ2v) is 11.1. The summed E-state index contributed by atoms with van der Waals surface area (Å²) < 4.78 is 35.2. The molecule has 11 heteroatoms. The van der Waals surface area contributed by atoms with Crippen LogP contribution in [0, 0.1) is 17.8 Å². The summed E-state index contributed by atoms with van der Waals surface area (Å²) in [5, 5.41) is 10.1. The number of nitrogens with one attached hydrogen (secondary N) is 2. The molecule has 2 N–H and O–H groups in total. The van der Waals surface area contributed by atoms with E-state index in [4.69, 9.17) is 11.2 Å². The average Bonchev–Trinajstić information content (AvgIpc) is 3.21. The van der Waals surface area contributed by atoms with Crippen molar-refractivity contribution in [1.82, 2.24) is 30.3 Å². The fourth-order valence-electron chi connectivity index (χ4n) is 4.56. The van der Waals surface area contributed by atoms with E-state index in [2.05, 4.69) is 48.3 Å². The van der Waals surface area contributed by atoms with E-state index in [1.54, 1.807) is 0 Å². The van der Waals surface area contributed by atoms with Crippen LogP contribution in [0.5, 0.6) is 0 Å². The van der Waals surface area contributed by atoms with E-state index in [9.17, 15) is 8.78 Å². The zero-order chi connectivity index (χ0) is 22.6. The van der Waals surface area contributed by atoms with E-state index in [1.807, 2.05) is 0 Å². The highest BCUT2D eigenvalue weighted by molar-refractivity contribution is 8.01. The minimum atomic E-state index is -2.62. The molecule has 0 bridgehead atoms. The SMILES string of the molecule is C#CC1(NSC2=CC3=C(c4nnc(C(F)F)s4)CNN3C(N3CCC4(CC3)COC4)=C2)CC1. The molecular formula is C22H24F2N6OS2. The molecule has 1 aromatic heterocycles. The Morgan fingerprint density at radius 3 is 2.61 bits per heavy atom. The summed E-state index contributed by atoms with van der Waals surface area (Å²) in [5.74, 6) is 3.92. The van der Waals surface area contributed by atoms with Crippen LogP contribution in [0.3, 0.4) is 0 Å². The molecule has 0 amide bonds. The molecule has 5 aliphatic rings. The van der Waals surface area contributed by atoms with Crippen molar-refractivity contribution >= 4 is 28.9 Å². The first-order chi connectivity index (χ1) is 16.0. The van der Waals surface area contributed by atoms with Crippen molar-refractivity contribution in [3.05, 3.63) is 38.6 Å². The van der Waals surface area contributed by atoms with Gasteiger partial charge in [-0.2, -0.15) is 0 Å². The van der Waals surface area contributed by atoms with Gasteiger partial charge in [0.05, 0.1) is 24.4 Å². The van der Waals surface area contributed by atoms with Crippen molar-refractivity contribution in [2.45, 2.75) is 37.6 Å². The van der Waals surface area contributed by atoms with Crippen LogP contribution in [0.4, 0.5) is 8.78 Å². The number of aromatic nitrogens is 2. The molecule has 5 heterocycles. The molecule has 2 saturated heterocycles. The molecule has 0 atom stereocenters. The van der Waals surface area contributed by atoms with E-state index in [0.717, 1.165) is 85.3 Å². The minimum Gasteiger partial charge on any atom is -0.380 e. The van der Waals surface area contributed by atoms with Crippen LogP contribution in [0.2, 0.25) is 0 Å². The van der Waals surface area contributed by atoms with Crippen molar-refractivity contribution < 1.29 is 13.5 Å². The number of hydrogen-bond donors (Lipinski definition) is 2. The number of terminal acetylenes is 1. The van der Waals surface area contributed by atoms with E-state index in [1.165, 1.54) is 11.9 Å². The van der Waals surface area contributed by atoms with Crippen LogP contribution < -0.4 is 10.1 Å². The molecule has 0 aromatic carbocycles. The molecule has 1 saturated carbocycles. The number of fused-ring (bicyclic) bond motifs is 1. The van der Waals surface area contributed by atoms with Gasteiger partial charge in [0.25, 0.3) is 6.43 Å². The molecule has 33 heavy (non-hydrogen) atoms. The maximum Gasteiger partial charge on any atom is 0.291 e. The highest BCUT2D eigenvalue weighted by Crippen LogP contribution is 2.44. The third kappa shape index (κ3) is 3.88. The quantitative estimate of drug-likeness (QED) is 0.466. The first-order valence-electron chi connectivity index (χ1n) is 11.1. The Balaban J connectivity index is 1.30. The Morgan fingerprint density at radius 1 is 1.21 bits per heavy atom. The summed E-state index contributed by atoms with van der Waals surface area (Å²) >= 11 is 2.49. The third-order valence-corrected chi connectivity index (χ3v) is 8.94. The van der Waals surface area contributed by atoms with Gasteiger partial charge in [-0.05, 0) is 49.8 Å². The number of likely N-dealkylation sites (tertiary alicyclic amines) is 1. The Hall–Kier alpha value is -1.97. The molecule has 174 valence electrons. The standard InChI is InChI=1S/C22H24F2N6OS2/c1-2-22(3-4-22)28-33-14-9-16-15(19-26-27-20(32-19)18(23)24)11-25-30(16)17(10-14)29-7-5-21(6-8-29)12-31-13-21/h1,9-10,18,25,28H,3-8,11-13H2. The zero-order valence-corrected chi connectivity index (χ0v) is 19.6. The predicted molar refractivity (Wildman–Crippen MR) is 123 cm³/mol. The molecule has 1 spiro atoms. The van der Waals surface area contributed by atoms with Crippen LogP contribution in [0.15, 0.2) is 28.6 Å². The summed E-state index contributed by atoms with van der Waals surface area (Å²) in [6.45, 7) is 4.12. The molecule has 1 aromatic rings. The van der Waals surface area contributed by atoms with Crippen molar-refractivity contribution in [2.75, 3.05) is 32.8 Å². The van der Waals surface area contributed by atoms with Gasteiger partial charge in [0, 0.05) is 35.5 Å². The van der Waals surface area contributed by atoms with Crippen molar-refractivity contribution in [3.63, 3.8) is 0 Å². The van der Waals surface area contributed by atoms with Gasteiger partial charge in [-0.1, -0.05) is 17.3 Å². The van der Waals surface area contributed by atoms with Crippen LogP contribution >= 0.6 is 23.3 Å². The lowest BCUT2D eigenvalue weighted by Crippen LogP contribution is -2.52. The Kier molecular flexibility index (Phi) is 5.27. The maximum atomic E-state index is 13.1. The van der Waals surface area contributed by atoms with E-state index in [0.29, 0.717) is 17.0 Å². The van der Waals surface area contributed by atoms with Crippen LogP contribution in [-0.4, -0.2) is 58.5 Å². The topological polar surface area (TPSA) is 65.6 Å². The number of hydrazine groups is 1. The molecule has 3 fully saturated rings. The van der Waals surface area contributed by atoms with Gasteiger partial charge in [0.1, 0.15) is 10.8 Å². The van der Waals surface area contributed by atoms with Crippen molar-refractivity contribution in [2.24, 2.45) is 5.41 Å². The smallest absolute Gasteiger partial charge is 0.291 e. The molecule has 0 unspecified atom stereocenters. The molecule has 6 rings (SSSR count). The zero-order valence-electron chi connectivity index (χ0n) is 17.9. The van der Waals surface area contributed by atoms with Crippen LogP contribution in [0.25, 0.3) is 5.57 Å². The number of ether oxygens (including phenoxy) is 1.